The van der Waals surface area contributed by atoms with Crippen molar-refractivity contribution in [3.05, 3.63) is 78.6 Å². The number of hydrogen-bond donors (Lipinski definition) is 3. The number of carbonyl (C=O) groups is 1. The van der Waals surface area contributed by atoms with Gasteiger partial charge in [0.15, 0.2) is 11.4 Å². The zero-order chi connectivity index (χ0) is 29.8. The lowest BCUT2D eigenvalue weighted by Gasteiger charge is -2.42. The summed E-state index contributed by atoms with van der Waals surface area (Å²) in [5, 5.41) is 31.6. The average molecular weight is 587 g/mol. The molecule has 2 heterocycles. The zero-order valence-electron chi connectivity index (χ0n) is 22.6. The van der Waals surface area contributed by atoms with Crippen LogP contribution in [-0.4, -0.2) is 67.9 Å². The Kier molecular flexibility index (Phi) is 8.53. The average Bonchev–Trinajstić information content (AvgIpc) is 3.61. The smallest absolute Gasteiger partial charge is 0.426 e. The van der Waals surface area contributed by atoms with E-state index in [1.807, 2.05) is 0 Å². The van der Waals surface area contributed by atoms with Crippen LogP contribution >= 0.6 is 12.2 Å². The van der Waals surface area contributed by atoms with Crippen molar-refractivity contribution in [1.29, 1.82) is 0 Å². The second kappa shape index (κ2) is 11.9. The van der Waals surface area contributed by atoms with Gasteiger partial charge in [0.1, 0.15) is 35.5 Å². The summed E-state index contributed by atoms with van der Waals surface area (Å²) < 4.78 is 35.6. The van der Waals surface area contributed by atoms with Crippen molar-refractivity contribution in [2.75, 3.05) is 5.32 Å². The van der Waals surface area contributed by atoms with E-state index >= 15 is 4.39 Å². The summed E-state index contributed by atoms with van der Waals surface area (Å²) >= 11 is 5.63. The quantitative estimate of drug-likeness (QED) is 0.217. The molecule has 3 N–H and O–H groups in total. The van der Waals surface area contributed by atoms with E-state index in [-0.39, 0.29) is 17.2 Å². The molecule has 2 unspecified atom stereocenters. The fraction of sp³-hybridized carbons (Fsp3) is 0.320. The van der Waals surface area contributed by atoms with Crippen LogP contribution in [0.5, 0.6) is 0 Å². The van der Waals surface area contributed by atoms with Crippen molar-refractivity contribution in [3.63, 3.8) is 0 Å². The van der Waals surface area contributed by atoms with Gasteiger partial charge in [-0.15, -0.1) is 15.0 Å². The summed E-state index contributed by atoms with van der Waals surface area (Å²) in [5.41, 5.74) is 0.435. The van der Waals surface area contributed by atoms with Crippen LogP contribution in [0.15, 0.2) is 61.4 Å². The van der Waals surface area contributed by atoms with E-state index in [0.29, 0.717) is 17.4 Å². The summed E-state index contributed by atoms with van der Waals surface area (Å²) in [5.74, 6) is -1.83. The van der Waals surface area contributed by atoms with Crippen LogP contribution in [0.2, 0.25) is 0 Å². The van der Waals surface area contributed by atoms with Gasteiger partial charge in [-0.25, -0.2) is 28.7 Å². The topological polar surface area (TPSA) is 148 Å². The van der Waals surface area contributed by atoms with Gasteiger partial charge in [-0.1, -0.05) is 6.07 Å². The molecule has 0 aliphatic heterocycles. The van der Waals surface area contributed by atoms with Gasteiger partial charge >= 0.3 is 6.09 Å². The Morgan fingerprint density at radius 1 is 1.15 bits per heavy atom. The highest BCUT2D eigenvalue weighted by Gasteiger charge is 2.44. The number of hydrazine groups is 1. The highest BCUT2D eigenvalue weighted by Crippen LogP contribution is 2.33. The van der Waals surface area contributed by atoms with Crippen LogP contribution in [0, 0.1) is 11.6 Å². The summed E-state index contributed by atoms with van der Waals surface area (Å²) in [6.07, 6.45) is 2.98. The number of tetrazole rings is 1. The number of benzene rings is 2. The first-order chi connectivity index (χ1) is 19.4. The predicted octanol–water partition coefficient (Wildman–Crippen LogP) is 2.95. The minimum atomic E-state index is -2.13. The van der Waals surface area contributed by atoms with Crippen LogP contribution < -0.4 is 10.7 Å². The van der Waals surface area contributed by atoms with Crippen LogP contribution in [0.25, 0.3) is 5.69 Å². The Morgan fingerprint density at radius 3 is 2.46 bits per heavy atom. The van der Waals surface area contributed by atoms with E-state index in [4.69, 9.17) is 17.0 Å². The number of anilines is 1. The number of nitrogens with zero attached hydrogens (tertiary/aromatic N) is 8. The van der Waals surface area contributed by atoms with Crippen LogP contribution in [-0.2, 0) is 16.9 Å². The van der Waals surface area contributed by atoms with Crippen molar-refractivity contribution >= 4 is 29.1 Å². The summed E-state index contributed by atoms with van der Waals surface area (Å²) in [7, 11) is 0. The molecule has 4 aromatic rings. The first-order valence-electron chi connectivity index (χ1n) is 12.3. The molecule has 0 aliphatic carbocycles. The fourth-order valence-electron chi connectivity index (χ4n) is 3.93. The molecule has 1 amide bonds. The Hall–Kier alpha value is -4.57. The number of rotatable bonds is 7. The number of aliphatic hydroxyl groups is 1. The molecule has 216 valence electrons. The largest absolute Gasteiger partial charge is 0.443 e. The number of nitrogens with one attached hydrogen (secondary N) is 2. The highest BCUT2D eigenvalue weighted by atomic mass is 32.1. The molecule has 2 aromatic heterocycles. The lowest BCUT2D eigenvalue weighted by molar-refractivity contribution is -0.0574. The summed E-state index contributed by atoms with van der Waals surface area (Å²) in [6.45, 7) is 6.21. The lowest BCUT2D eigenvalue weighted by Crippen LogP contribution is -2.61. The van der Waals surface area contributed by atoms with Gasteiger partial charge in [0, 0.05) is 17.3 Å². The number of aromatic nitrogens is 7. The molecule has 13 nitrogen and oxygen atoms in total. The van der Waals surface area contributed by atoms with Crippen molar-refractivity contribution in [1.82, 2.24) is 45.4 Å². The molecule has 2 atom stereocenters. The van der Waals surface area contributed by atoms with Gasteiger partial charge in [0.05, 0.1) is 18.3 Å². The highest BCUT2D eigenvalue weighted by molar-refractivity contribution is 7.80. The third-order valence-corrected chi connectivity index (χ3v) is 6.17. The molecule has 2 aromatic carbocycles. The van der Waals surface area contributed by atoms with Gasteiger partial charge in [-0.3, -0.25) is 5.01 Å². The Morgan fingerprint density at radius 2 is 1.88 bits per heavy atom. The fourth-order valence-corrected chi connectivity index (χ4v) is 4.25. The molecule has 4 rings (SSSR count). The van der Waals surface area contributed by atoms with E-state index in [2.05, 4.69) is 36.2 Å². The molecule has 41 heavy (non-hydrogen) atoms. The number of carbonyl (C=O) groups excluding carboxylic acids is 1. The molecular weight excluding hydrogens is 558 g/mol. The zero-order valence-corrected chi connectivity index (χ0v) is 23.4. The maximum Gasteiger partial charge on any atom is 0.426 e. The number of thiocarbonyl (C=S) groups is 1. The van der Waals surface area contributed by atoms with Gasteiger partial charge in [-0.05, 0) is 75.5 Å². The molecular formula is C25H28F2N10O3S. The van der Waals surface area contributed by atoms with Crippen molar-refractivity contribution in [2.45, 2.75) is 51.5 Å². The molecule has 0 spiro atoms. The number of hydrogen-bond acceptors (Lipinski definition) is 9. The normalized spacial score (nSPS) is 13.6. The van der Waals surface area contributed by atoms with Crippen molar-refractivity contribution < 1.29 is 23.4 Å². The molecule has 16 heteroatoms. The molecule has 0 bridgehead atoms. The molecule has 0 saturated carbocycles. The van der Waals surface area contributed by atoms with E-state index < -0.39 is 35.0 Å². The third kappa shape index (κ3) is 7.15. The van der Waals surface area contributed by atoms with E-state index in [9.17, 15) is 14.3 Å². The Labute approximate surface area is 239 Å². The minimum absolute atomic E-state index is 0.0745. The maximum absolute atomic E-state index is 15.1. The van der Waals surface area contributed by atoms with E-state index in [1.165, 1.54) is 35.4 Å². The first kappa shape index (κ1) is 29.4. The van der Waals surface area contributed by atoms with Crippen LogP contribution in [0.4, 0.5) is 19.3 Å². The Balaban J connectivity index is 1.69. The third-order valence-electron chi connectivity index (χ3n) is 5.87. The van der Waals surface area contributed by atoms with E-state index in [0.717, 1.165) is 17.1 Å². The summed E-state index contributed by atoms with van der Waals surface area (Å²) in [6, 6.07) is 8.39. The monoisotopic (exact) mass is 586 g/mol. The Bertz CT molecular complexity index is 1480. The molecule has 0 radical (unpaired) electrons. The standard InChI is InChI=1S/C25H28F2N10O3S/c1-16(25(39,12-35-15-28-13-30-35)20-10-5-17(26)11-21(20)27)36(33-23(38)40-24(2,3)4)22(41)32-18-6-8-19(9-7-18)37-31-14-29-34-37/h5-11,13-16,39H,12H2,1-4H3,(H,32,41)(H,33,38). The van der Waals surface area contributed by atoms with Crippen LogP contribution in [0.1, 0.15) is 33.3 Å². The summed E-state index contributed by atoms with van der Waals surface area (Å²) in [4.78, 5) is 18.1. The van der Waals surface area contributed by atoms with Gasteiger partial charge in [0.25, 0.3) is 0 Å². The number of halogens is 2. The molecule has 0 fully saturated rings. The van der Waals surface area contributed by atoms with E-state index in [1.54, 1.807) is 45.0 Å². The second-order valence-corrected chi connectivity index (χ2v) is 10.4. The van der Waals surface area contributed by atoms with Gasteiger partial charge in [-0.2, -0.15) is 5.10 Å². The van der Waals surface area contributed by atoms with Gasteiger partial charge < -0.3 is 15.2 Å². The van der Waals surface area contributed by atoms with Crippen molar-refractivity contribution in [2.24, 2.45) is 0 Å². The minimum Gasteiger partial charge on any atom is -0.443 e. The molecule has 0 aliphatic rings. The second-order valence-electron chi connectivity index (χ2n) is 10.0. The maximum atomic E-state index is 15.1. The first-order valence-corrected chi connectivity index (χ1v) is 12.7. The van der Waals surface area contributed by atoms with Crippen molar-refractivity contribution in [3.8, 4) is 5.69 Å². The van der Waals surface area contributed by atoms with Crippen LogP contribution in [0.3, 0.4) is 0 Å². The lowest BCUT2D eigenvalue weighted by atomic mass is 9.86. The number of ether oxygens (including phenoxy) is 1. The van der Waals surface area contributed by atoms with Gasteiger partial charge in [0.2, 0.25) is 0 Å². The molecule has 0 saturated heterocycles. The SMILES string of the molecule is CC(N(NC(=O)OC(C)(C)C)C(=S)Nc1ccc(-n2ncnn2)cc1)C(O)(Cn1cncn1)c1ccc(F)cc1F. The predicted molar refractivity (Wildman–Crippen MR) is 146 cm³/mol. The number of amides is 1.